The number of methoxy groups -OCH3 is 1. The first-order valence-corrected chi connectivity index (χ1v) is 9.65. The Hall–Kier alpha value is -4.41. The summed E-state index contributed by atoms with van der Waals surface area (Å²) in [7, 11) is 1.36. The van der Waals surface area contributed by atoms with Gasteiger partial charge in [-0.15, -0.1) is 0 Å². The zero-order valence-electron chi connectivity index (χ0n) is 17.8. The lowest BCUT2D eigenvalue weighted by Crippen LogP contribution is -2.22. The Labute approximate surface area is 188 Å². The molecule has 3 rings (SSSR count). The number of nitrogens with one attached hydrogen (secondary N) is 1. The maximum atomic E-state index is 13.2. The van der Waals surface area contributed by atoms with E-state index in [-0.39, 0.29) is 23.7 Å². The molecule has 0 saturated carbocycles. The Morgan fingerprint density at radius 3 is 2.45 bits per heavy atom. The SMILES string of the molecule is COc1cc(C(=O)OCC(=O)Nc2cc(C)nn2-c2ccc(F)cc2)ccc1OCC(N)=O. The molecule has 1 aromatic heterocycles. The van der Waals surface area contributed by atoms with Crippen LogP contribution in [0.15, 0.2) is 48.5 Å². The number of aromatic nitrogens is 2. The summed E-state index contributed by atoms with van der Waals surface area (Å²) in [5, 5.41) is 6.89. The number of carbonyl (C=O) groups is 3. The number of hydrogen-bond donors (Lipinski definition) is 2. The van der Waals surface area contributed by atoms with E-state index in [2.05, 4.69) is 10.4 Å². The number of esters is 1. The van der Waals surface area contributed by atoms with Crippen molar-refractivity contribution < 1.29 is 33.0 Å². The molecule has 0 aliphatic heterocycles. The highest BCUT2D eigenvalue weighted by Crippen LogP contribution is 2.28. The van der Waals surface area contributed by atoms with Crippen molar-refractivity contribution in [2.45, 2.75) is 6.92 Å². The van der Waals surface area contributed by atoms with E-state index >= 15 is 0 Å². The number of primary amides is 1. The van der Waals surface area contributed by atoms with Gasteiger partial charge in [-0.2, -0.15) is 5.10 Å². The lowest BCUT2D eigenvalue weighted by Gasteiger charge is -2.11. The molecule has 172 valence electrons. The molecule has 0 saturated heterocycles. The molecule has 0 aliphatic rings. The molecular formula is C22H21FN4O6. The van der Waals surface area contributed by atoms with Crippen LogP contribution in [-0.4, -0.2) is 47.9 Å². The molecule has 3 N–H and O–H groups in total. The molecule has 0 atom stereocenters. The summed E-state index contributed by atoms with van der Waals surface area (Å²) in [6.07, 6.45) is 0. The molecular weight excluding hydrogens is 435 g/mol. The number of carbonyl (C=O) groups excluding carboxylic acids is 3. The summed E-state index contributed by atoms with van der Waals surface area (Å²) < 4.78 is 30.0. The third kappa shape index (κ3) is 6.06. The number of nitrogens with two attached hydrogens (primary N) is 1. The van der Waals surface area contributed by atoms with E-state index in [1.807, 2.05) is 0 Å². The standard InChI is InChI=1S/C22H21FN4O6/c1-13-9-20(27(26-13)16-6-4-15(23)5-7-16)25-21(29)12-33-22(30)14-3-8-17(18(10-14)31-2)32-11-19(24)28/h3-10H,11-12H2,1-2H3,(H2,24,28)(H,25,29). The number of benzene rings is 2. The van der Waals surface area contributed by atoms with Crippen LogP contribution in [0.1, 0.15) is 16.1 Å². The third-order valence-electron chi connectivity index (χ3n) is 4.27. The zero-order valence-corrected chi connectivity index (χ0v) is 17.8. The van der Waals surface area contributed by atoms with Gasteiger partial charge < -0.3 is 25.3 Å². The Bertz CT molecular complexity index is 1180. The van der Waals surface area contributed by atoms with Crippen LogP contribution in [0.3, 0.4) is 0 Å². The van der Waals surface area contributed by atoms with E-state index in [9.17, 15) is 18.8 Å². The molecule has 0 spiro atoms. The van der Waals surface area contributed by atoms with Gasteiger partial charge in [-0.3, -0.25) is 9.59 Å². The minimum atomic E-state index is -0.770. The Kier molecular flexibility index (Phi) is 7.24. The predicted molar refractivity (Wildman–Crippen MR) is 115 cm³/mol. The maximum absolute atomic E-state index is 13.2. The summed E-state index contributed by atoms with van der Waals surface area (Å²) in [6.45, 7) is 0.822. The molecule has 0 fully saturated rings. The zero-order chi connectivity index (χ0) is 24.0. The van der Waals surface area contributed by atoms with Crippen molar-refractivity contribution in [1.82, 2.24) is 9.78 Å². The molecule has 1 heterocycles. The first-order chi connectivity index (χ1) is 15.8. The van der Waals surface area contributed by atoms with Crippen LogP contribution in [0.2, 0.25) is 0 Å². The molecule has 11 heteroatoms. The van der Waals surface area contributed by atoms with Crippen molar-refractivity contribution in [2.75, 3.05) is 25.6 Å². The smallest absolute Gasteiger partial charge is 0.338 e. The van der Waals surface area contributed by atoms with E-state index in [1.165, 1.54) is 54.3 Å². The molecule has 0 unspecified atom stereocenters. The molecule has 0 bridgehead atoms. The number of halogens is 1. The highest BCUT2D eigenvalue weighted by molar-refractivity contribution is 5.95. The highest BCUT2D eigenvalue weighted by Gasteiger charge is 2.16. The maximum Gasteiger partial charge on any atom is 0.338 e. The molecule has 10 nitrogen and oxygen atoms in total. The average molecular weight is 456 g/mol. The molecule has 0 radical (unpaired) electrons. The van der Waals surface area contributed by atoms with Crippen molar-refractivity contribution in [3.8, 4) is 17.2 Å². The monoisotopic (exact) mass is 456 g/mol. The van der Waals surface area contributed by atoms with Crippen LogP contribution in [0.25, 0.3) is 5.69 Å². The van der Waals surface area contributed by atoms with E-state index in [1.54, 1.807) is 13.0 Å². The number of aryl methyl sites for hydroxylation is 1. The van der Waals surface area contributed by atoms with Gasteiger partial charge in [0.1, 0.15) is 11.6 Å². The molecule has 2 aromatic carbocycles. The summed E-state index contributed by atoms with van der Waals surface area (Å²) in [5.41, 5.74) is 6.32. The van der Waals surface area contributed by atoms with Gasteiger partial charge in [0.25, 0.3) is 11.8 Å². The highest BCUT2D eigenvalue weighted by atomic mass is 19.1. The number of amides is 2. The second-order valence-electron chi connectivity index (χ2n) is 6.80. The van der Waals surface area contributed by atoms with Gasteiger partial charge in [0.05, 0.1) is 24.1 Å². The first-order valence-electron chi connectivity index (χ1n) is 9.65. The van der Waals surface area contributed by atoms with Gasteiger partial charge in [-0.25, -0.2) is 13.9 Å². The van der Waals surface area contributed by atoms with Crippen LogP contribution >= 0.6 is 0 Å². The minimum absolute atomic E-state index is 0.110. The summed E-state index contributed by atoms with van der Waals surface area (Å²) in [4.78, 5) is 35.6. The van der Waals surface area contributed by atoms with Crippen molar-refractivity contribution in [3.63, 3.8) is 0 Å². The molecule has 0 aliphatic carbocycles. The lowest BCUT2D eigenvalue weighted by atomic mass is 10.2. The summed E-state index contributed by atoms with van der Waals surface area (Å²) in [5.74, 6) is -1.69. The largest absolute Gasteiger partial charge is 0.493 e. The van der Waals surface area contributed by atoms with Gasteiger partial charge in [0, 0.05) is 6.07 Å². The summed E-state index contributed by atoms with van der Waals surface area (Å²) >= 11 is 0. The van der Waals surface area contributed by atoms with Crippen molar-refractivity contribution in [2.24, 2.45) is 5.73 Å². The quantitative estimate of drug-likeness (QED) is 0.470. The molecule has 33 heavy (non-hydrogen) atoms. The van der Waals surface area contributed by atoms with Crippen molar-refractivity contribution in [3.05, 3.63) is 65.6 Å². The topological polar surface area (TPSA) is 135 Å². The Morgan fingerprint density at radius 1 is 1.06 bits per heavy atom. The van der Waals surface area contributed by atoms with Gasteiger partial charge in [0.2, 0.25) is 0 Å². The number of anilines is 1. The summed E-state index contributed by atoms with van der Waals surface area (Å²) in [6, 6.07) is 11.4. The van der Waals surface area contributed by atoms with Crippen LogP contribution in [-0.2, 0) is 14.3 Å². The van der Waals surface area contributed by atoms with Gasteiger partial charge in [-0.05, 0) is 49.4 Å². The van der Waals surface area contributed by atoms with Crippen LogP contribution < -0.4 is 20.5 Å². The number of hydrogen-bond acceptors (Lipinski definition) is 7. The Balaban J connectivity index is 1.63. The van der Waals surface area contributed by atoms with Crippen LogP contribution in [0.4, 0.5) is 10.2 Å². The van der Waals surface area contributed by atoms with Crippen LogP contribution in [0, 0.1) is 12.7 Å². The second kappa shape index (κ2) is 10.3. The average Bonchev–Trinajstić information content (AvgIpc) is 3.16. The Morgan fingerprint density at radius 2 is 1.79 bits per heavy atom. The normalized spacial score (nSPS) is 10.4. The lowest BCUT2D eigenvalue weighted by molar-refractivity contribution is -0.120. The van der Waals surface area contributed by atoms with Gasteiger partial charge in [-0.1, -0.05) is 0 Å². The fourth-order valence-corrected chi connectivity index (χ4v) is 2.82. The fraction of sp³-hybridized carbons (Fsp3) is 0.182. The third-order valence-corrected chi connectivity index (χ3v) is 4.27. The van der Waals surface area contributed by atoms with Crippen LogP contribution in [0.5, 0.6) is 11.5 Å². The van der Waals surface area contributed by atoms with Crippen molar-refractivity contribution >= 4 is 23.6 Å². The van der Waals surface area contributed by atoms with E-state index in [0.29, 0.717) is 17.2 Å². The molecule has 3 aromatic rings. The second-order valence-corrected chi connectivity index (χ2v) is 6.80. The van der Waals surface area contributed by atoms with Gasteiger partial charge in [0.15, 0.2) is 24.7 Å². The first kappa shape index (κ1) is 23.3. The van der Waals surface area contributed by atoms with Gasteiger partial charge >= 0.3 is 5.97 Å². The number of nitrogens with zero attached hydrogens (tertiary/aromatic N) is 2. The van der Waals surface area contributed by atoms with E-state index < -0.39 is 30.2 Å². The fourth-order valence-electron chi connectivity index (χ4n) is 2.82. The van der Waals surface area contributed by atoms with Crippen molar-refractivity contribution in [1.29, 1.82) is 0 Å². The van der Waals surface area contributed by atoms with E-state index in [0.717, 1.165) is 0 Å². The minimum Gasteiger partial charge on any atom is -0.493 e. The number of ether oxygens (including phenoxy) is 3. The predicted octanol–water partition coefficient (Wildman–Crippen LogP) is 1.99. The van der Waals surface area contributed by atoms with E-state index in [4.69, 9.17) is 19.9 Å². The molecule has 2 amide bonds. The number of rotatable bonds is 9.